The molecule has 0 fully saturated rings. The summed E-state index contributed by atoms with van der Waals surface area (Å²) in [6, 6.07) is 24.8. The average Bonchev–Trinajstić information content (AvgIpc) is 2.56. The zero-order chi connectivity index (χ0) is 14.3. The predicted octanol–water partition coefficient (Wildman–Crippen LogP) is 4.84. The van der Waals surface area contributed by atoms with Crippen molar-refractivity contribution in [2.45, 2.75) is 16.3 Å². The summed E-state index contributed by atoms with van der Waals surface area (Å²) in [6.45, 7) is 0.791. The third kappa shape index (κ3) is 4.10. The normalized spacial score (nSPS) is 10.3. The molecule has 0 bridgehead atoms. The Labute approximate surface area is 129 Å². The van der Waals surface area contributed by atoms with Crippen LogP contribution < -0.4 is 5.32 Å². The van der Waals surface area contributed by atoms with Gasteiger partial charge in [0.25, 0.3) is 0 Å². The standard InChI is InChI=1S/C18H16N2S/c1-3-7-15(8-4-1)13-19-18-12-11-17(14-20-18)21-16-9-5-2-6-10-16/h1-12,14H,13H2,(H,19,20). The van der Waals surface area contributed by atoms with Gasteiger partial charge in [-0.2, -0.15) is 0 Å². The topological polar surface area (TPSA) is 24.9 Å². The van der Waals surface area contributed by atoms with Crippen LogP contribution in [0.15, 0.2) is 88.8 Å². The van der Waals surface area contributed by atoms with Crippen LogP contribution in [0.25, 0.3) is 0 Å². The van der Waals surface area contributed by atoms with Crippen LogP contribution in [-0.2, 0) is 6.54 Å². The Hall–Kier alpha value is -2.26. The summed E-state index contributed by atoms with van der Waals surface area (Å²) in [7, 11) is 0. The minimum Gasteiger partial charge on any atom is -0.366 e. The monoisotopic (exact) mass is 292 g/mol. The molecule has 0 radical (unpaired) electrons. The lowest BCUT2D eigenvalue weighted by molar-refractivity contribution is 1.10. The van der Waals surface area contributed by atoms with E-state index in [9.17, 15) is 0 Å². The first kappa shape index (κ1) is 13.7. The molecule has 0 spiro atoms. The Morgan fingerprint density at radius 2 is 1.48 bits per heavy atom. The number of pyridine rings is 1. The molecule has 3 rings (SSSR count). The highest BCUT2D eigenvalue weighted by molar-refractivity contribution is 7.99. The highest BCUT2D eigenvalue weighted by Gasteiger charge is 1.99. The molecule has 0 atom stereocenters. The molecule has 3 aromatic rings. The van der Waals surface area contributed by atoms with Crippen LogP contribution in [0, 0.1) is 0 Å². The van der Waals surface area contributed by atoms with E-state index in [4.69, 9.17) is 0 Å². The molecule has 0 unspecified atom stereocenters. The van der Waals surface area contributed by atoms with E-state index in [-0.39, 0.29) is 0 Å². The first-order chi connectivity index (χ1) is 10.4. The number of benzene rings is 2. The Bertz CT molecular complexity index is 667. The zero-order valence-corrected chi connectivity index (χ0v) is 12.4. The molecule has 0 aliphatic heterocycles. The number of nitrogens with zero attached hydrogens (tertiary/aromatic N) is 1. The van der Waals surface area contributed by atoms with Crippen LogP contribution in [0.5, 0.6) is 0 Å². The molecule has 3 heteroatoms. The lowest BCUT2D eigenvalue weighted by Crippen LogP contribution is -2.00. The van der Waals surface area contributed by atoms with E-state index in [2.05, 4.69) is 40.6 Å². The first-order valence-corrected chi connectivity index (χ1v) is 7.68. The van der Waals surface area contributed by atoms with Crippen molar-refractivity contribution in [3.05, 3.63) is 84.6 Å². The van der Waals surface area contributed by atoms with Gasteiger partial charge in [0.05, 0.1) is 0 Å². The van der Waals surface area contributed by atoms with Gasteiger partial charge in [-0.3, -0.25) is 0 Å². The van der Waals surface area contributed by atoms with Gasteiger partial charge in [0.15, 0.2) is 0 Å². The highest BCUT2D eigenvalue weighted by Crippen LogP contribution is 2.27. The lowest BCUT2D eigenvalue weighted by Gasteiger charge is -2.06. The van der Waals surface area contributed by atoms with Crippen molar-refractivity contribution in [2.75, 3.05) is 5.32 Å². The van der Waals surface area contributed by atoms with Crippen LogP contribution in [0.2, 0.25) is 0 Å². The molecule has 0 saturated carbocycles. The molecule has 21 heavy (non-hydrogen) atoms. The maximum atomic E-state index is 4.46. The summed E-state index contributed by atoms with van der Waals surface area (Å²) >= 11 is 1.72. The van der Waals surface area contributed by atoms with Gasteiger partial charge < -0.3 is 5.32 Å². The maximum Gasteiger partial charge on any atom is 0.126 e. The van der Waals surface area contributed by atoms with Gasteiger partial charge >= 0.3 is 0 Å². The molecule has 1 N–H and O–H groups in total. The summed E-state index contributed by atoms with van der Waals surface area (Å²) in [6.07, 6.45) is 1.91. The van der Waals surface area contributed by atoms with Crippen molar-refractivity contribution in [3.63, 3.8) is 0 Å². The number of nitrogens with one attached hydrogen (secondary N) is 1. The molecule has 0 saturated heterocycles. The van der Waals surface area contributed by atoms with Crippen molar-refractivity contribution in [2.24, 2.45) is 0 Å². The fraction of sp³-hybridized carbons (Fsp3) is 0.0556. The molecule has 2 nitrogen and oxygen atoms in total. The summed E-state index contributed by atoms with van der Waals surface area (Å²) < 4.78 is 0. The maximum absolute atomic E-state index is 4.46. The summed E-state index contributed by atoms with van der Waals surface area (Å²) in [4.78, 5) is 6.83. The number of aromatic nitrogens is 1. The molecule has 1 heterocycles. The SMILES string of the molecule is c1ccc(CNc2ccc(Sc3ccccc3)cn2)cc1. The van der Waals surface area contributed by atoms with Crippen molar-refractivity contribution >= 4 is 17.6 Å². The summed E-state index contributed by atoms with van der Waals surface area (Å²) in [5, 5.41) is 3.33. The fourth-order valence-electron chi connectivity index (χ4n) is 1.96. The molecular formula is C18H16N2S. The summed E-state index contributed by atoms with van der Waals surface area (Å²) in [5.74, 6) is 0.899. The second kappa shape index (κ2) is 6.95. The van der Waals surface area contributed by atoms with Gasteiger partial charge in [0, 0.05) is 22.5 Å². The number of anilines is 1. The van der Waals surface area contributed by atoms with Crippen molar-refractivity contribution in [1.29, 1.82) is 0 Å². The van der Waals surface area contributed by atoms with E-state index >= 15 is 0 Å². The quantitative estimate of drug-likeness (QED) is 0.728. The average molecular weight is 292 g/mol. The Balaban J connectivity index is 1.59. The van der Waals surface area contributed by atoms with Gasteiger partial charge in [-0.25, -0.2) is 4.98 Å². The Morgan fingerprint density at radius 1 is 0.762 bits per heavy atom. The van der Waals surface area contributed by atoms with Gasteiger partial charge in [0.2, 0.25) is 0 Å². The second-order valence-electron chi connectivity index (χ2n) is 4.63. The molecule has 0 aliphatic rings. The molecular weight excluding hydrogens is 276 g/mol. The van der Waals surface area contributed by atoms with E-state index in [1.54, 1.807) is 11.8 Å². The fourth-order valence-corrected chi connectivity index (χ4v) is 2.77. The van der Waals surface area contributed by atoms with E-state index in [0.717, 1.165) is 17.3 Å². The van der Waals surface area contributed by atoms with Crippen molar-refractivity contribution < 1.29 is 0 Å². The largest absolute Gasteiger partial charge is 0.366 e. The van der Waals surface area contributed by atoms with Gasteiger partial charge in [-0.05, 0) is 29.8 Å². The van der Waals surface area contributed by atoms with Crippen molar-refractivity contribution in [3.8, 4) is 0 Å². The van der Waals surface area contributed by atoms with Crippen LogP contribution in [0.3, 0.4) is 0 Å². The van der Waals surface area contributed by atoms with E-state index < -0.39 is 0 Å². The van der Waals surface area contributed by atoms with Crippen LogP contribution >= 0.6 is 11.8 Å². The van der Waals surface area contributed by atoms with E-state index in [1.807, 2.05) is 48.7 Å². The second-order valence-corrected chi connectivity index (χ2v) is 5.78. The molecule has 0 aliphatic carbocycles. The van der Waals surface area contributed by atoms with Crippen molar-refractivity contribution in [1.82, 2.24) is 4.98 Å². The highest BCUT2D eigenvalue weighted by atomic mass is 32.2. The smallest absolute Gasteiger partial charge is 0.126 e. The lowest BCUT2D eigenvalue weighted by atomic mass is 10.2. The molecule has 0 amide bonds. The van der Waals surface area contributed by atoms with E-state index in [0.29, 0.717) is 0 Å². The third-order valence-corrected chi connectivity index (χ3v) is 4.02. The van der Waals surface area contributed by atoms with Crippen LogP contribution in [0.1, 0.15) is 5.56 Å². The predicted molar refractivity (Wildman–Crippen MR) is 88.6 cm³/mol. The van der Waals surface area contributed by atoms with Gasteiger partial charge in [0.1, 0.15) is 5.82 Å². The first-order valence-electron chi connectivity index (χ1n) is 6.87. The van der Waals surface area contributed by atoms with Crippen LogP contribution in [-0.4, -0.2) is 4.98 Å². The Kier molecular flexibility index (Phi) is 4.54. The number of hydrogen-bond donors (Lipinski definition) is 1. The zero-order valence-electron chi connectivity index (χ0n) is 11.6. The molecule has 1 aromatic heterocycles. The molecule has 2 aromatic carbocycles. The van der Waals surface area contributed by atoms with E-state index in [1.165, 1.54) is 10.5 Å². The van der Waals surface area contributed by atoms with Gasteiger partial charge in [-0.1, -0.05) is 60.3 Å². The Morgan fingerprint density at radius 3 is 2.14 bits per heavy atom. The van der Waals surface area contributed by atoms with Gasteiger partial charge in [-0.15, -0.1) is 0 Å². The minimum absolute atomic E-state index is 0.791. The summed E-state index contributed by atoms with van der Waals surface area (Å²) in [5.41, 5.74) is 1.25. The minimum atomic E-state index is 0.791. The number of hydrogen-bond acceptors (Lipinski definition) is 3. The number of rotatable bonds is 5. The molecule has 104 valence electrons. The third-order valence-electron chi connectivity index (χ3n) is 3.03. The van der Waals surface area contributed by atoms with Crippen LogP contribution in [0.4, 0.5) is 5.82 Å².